The Labute approximate surface area is 251 Å². The molecule has 3 aliphatic heterocycles. The number of aliphatic hydroxyl groups is 1. The van der Waals surface area contributed by atoms with Crippen LogP contribution >= 0.6 is 0 Å². The molecule has 2 unspecified atom stereocenters. The van der Waals surface area contributed by atoms with Gasteiger partial charge in [0.05, 0.1) is 30.6 Å². The molecule has 1 N–H and O–H groups in total. The van der Waals surface area contributed by atoms with Crippen molar-refractivity contribution >= 4 is 17.7 Å². The Morgan fingerprint density at radius 1 is 1.12 bits per heavy atom. The average Bonchev–Trinajstić information content (AvgIpc) is 3.62. The molecule has 1 aromatic rings. The average molecular weight is 580 g/mol. The molecule has 3 amide bonds. The molecule has 0 aromatic heterocycles. The van der Waals surface area contributed by atoms with Crippen molar-refractivity contribution in [1.82, 2.24) is 14.7 Å². The van der Waals surface area contributed by atoms with E-state index in [4.69, 9.17) is 4.74 Å². The van der Waals surface area contributed by atoms with E-state index in [-0.39, 0.29) is 30.2 Å². The molecule has 3 heterocycles. The van der Waals surface area contributed by atoms with E-state index in [2.05, 4.69) is 20.1 Å². The monoisotopic (exact) mass is 579 g/mol. The summed E-state index contributed by atoms with van der Waals surface area (Å²) < 4.78 is 6.69. The lowest BCUT2D eigenvalue weighted by Crippen LogP contribution is -2.59. The van der Waals surface area contributed by atoms with Crippen LogP contribution in [-0.4, -0.2) is 87.6 Å². The molecule has 6 atom stereocenters. The Hall–Kier alpha value is -2.97. The third-order valence-electron chi connectivity index (χ3n) is 9.17. The first-order valence-electron chi connectivity index (χ1n) is 15.7. The van der Waals surface area contributed by atoms with E-state index in [1.54, 1.807) is 26.9 Å². The fourth-order valence-corrected chi connectivity index (χ4v) is 7.44. The van der Waals surface area contributed by atoms with Crippen LogP contribution in [0.5, 0.6) is 0 Å². The molecule has 1 spiro atoms. The number of carbonyl (C=O) groups is 3. The van der Waals surface area contributed by atoms with Gasteiger partial charge in [-0.15, -0.1) is 13.2 Å². The number of ether oxygens (including phenoxy) is 1. The van der Waals surface area contributed by atoms with Crippen LogP contribution in [0.2, 0.25) is 0 Å². The van der Waals surface area contributed by atoms with Crippen LogP contribution in [0.1, 0.15) is 64.9 Å². The van der Waals surface area contributed by atoms with Gasteiger partial charge in [0.15, 0.2) is 0 Å². The molecule has 4 rings (SSSR count). The summed E-state index contributed by atoms with van der Waals surface area (Å²) in [7, 11) is 0. The topological polar surface area (TPSA) is 90.4 Å². The van der Waals surface area contributed by atoms with Crippen LogP contribution < -0.4 is 0 Å². The zero-order chi connectivity index (χ0) is 30.4. The summed E-state index contributed by atoms with van der Waals surface area (Å²) in [4.78, 5) is 48.4. The van der Waals surface area contributed by atoms with E-state index < -0.39 is 35.6 Å². The van der Waals surface area contributed by atoms with Crippen molar-refractivity contribution in [3.63, 3.8) is 0 Å². The van der Waals surface area contributed by atoms with Crippen molar-refractivity contribution in [3.8, 4) is 0 Å². The maximum atomic E-state index is 14.5. The number of aliphatic hydroxyl groups excluding tert-OH is 1. The highest BCUT2D eigenvalue weighted by atomic mass is 16.5. The normalized spacial score (nSPS) is 26.8. The van der Waals surface area contributed by atoms with Gasteiger partial charge < -0.3 is 24.5 Å². The van der Waals surface area contributed by atoms with Crippen LogP contribution in [0.3, 0.4) is 0 Å². The second-order valence-electron chi connectivity index (χ2n) is 12.5. The molecule has 8 nitrogen and oxygen atoms in total. The lowest BCUT2D eigenvalue weighted by Gasteiger charge is -2.39. The lowest BCUT2D eigenvalue weighted by molar-refractivity contribution is -0.152. The van der Waals surface area contributed by atoms with Crippen LogP contribution in [-0.2, 0) is 25.7 Å². The van der Waals surface area contributed by atoms with Crippen molar-refractivity contribution in [1.29, 1.82) is 0 Å². The zero-order valence-electron chi connectivity index (χ0n) is 25.6. The minimum Gasteiger partial charge on any atom is -0.394 e. The molecule has 0 radical (unpaired) electrons. The maximum Gasteiger partial charge on any atom is 0.248 e. The van der Waals surface area contributed by atoms with Gasteiger partial charge in [0.2, 0.25) is 17.7 Å². The molecule has 42 heavy (non-hydrogen) atoms. The summed E-state index contributed by atoms with van der Waals surface area (Å²) in [5, 5.41) is 10.5. The van der Waals surface area contributed by atoms with Crippen molar-refractivity contribution in [2.24, 2.45) is 17.8 Å². The molecule has 0 aliphatic carbocycles. The van der Waals surface area contributed by atoms with E-state index in [0.717, 1.165) is 24.8 Å². The maximum absolute atomic E-state index is 14.5. The molecule has 8 heteroatoms. The molecule has 0 saturated carbocycles. The third-order valence-corrected chi connectivity index (χ3v) is 9.17. The minimum absolute atomic E-state index is 0.146. The summed E-state index contributed by atoms with van der Waals surface area (Å²) in [5.41, 5.74) is -0.108. The van der Waals surface area contributed by atoms with Gasteiger partial charge in [0.25, 0.3) is 0 Å². The fraction of sp³-hybridized carbons (Fsp3) is 0.618. The molecular formula is C34H49N3O5. The number of hydrogen-bond donors (Lipinski definition) is 1. The van der Waals surface area contributed by atoms with E-state index in [1.807, 2.05) is 44.2 Å². The summed E-state index contributed by atoms with van der Waals surface area (Å²) in [5.74, 6) is -1.85. The summed E-state index contributed by atoms with van der Waals surface area (Å²) in [6, 6.07) is 8.34. The Bertz CT molecular complexity index is 1120. The van der Waals surface area contributed by atoms with Crippen molar-refractivity contribution in [2.75, 3.05) is 26.2 Å². The Kier molecular flexibility index (Phi) is 10.7. The molecule has 3 saturated heterocycles. The van der Waals surface area contributed by atoms with Crippen molar-refractivity contribution in [2.45, 2.75) is 89.6 Å². The molecule has 3 aliphatic rings. The van der Waals surface area contributed by atoms with Gasteiger partial charge in [-0.2, -0.15) is 0 Å². The first-order valence-corrected chi connectivity index (χ1v) is 15.7. The van der Waals surface area contributed by atoms with E-state index >= 15 is 0 Å². The highest BCUT2D eigenvalue weighted by molar-refractivity contribution is 5.99. The SMILES string of the molecule is C=CCN(CCCCC)C(=O)C1N([C@@H](CO)CC(C)C)C(=O)[C@@H]2[C@H](C(=O)N(CC=C)Cc3ccccc3)[C@@H]3CCC12O3. The number of benzene rings is 1. The second kappa shape index (κ2) is 14.0. The van der Waals surface area contributed by atoms with E-state index in [1.165, 1.54) is 0 Å². The number of unbranched alkanes of at least 4 members (excludes halogenated alkanes) is 2. The summed E-state index contributed by atoms with van der Waals surface area (Å²) >= 11 is 0. The van der Waals surface area contributed by atoms with Gasteiger partial charge >= 0.3 is 0 Å². The Morgan fingerprint density at radius 2 is 1.81 bits per heavy atom. The smallest absolute Gasteiger partial charge is 0.248 e. The second-order valence-corrected chi connectivity index (χ2v) is 12.5. The van der Waals surface area contributed by atoms with E-state index in [0.29, 0.717) is 45.4 Å². The van der Waals surface area contributed by atoms with Crippen LogP contribution in [0, 0.1) is 17.8 Å². The number of hydrogen-bond acceptors (Lipinski definition) is 5. The standard InChI is InChI=1S/C34H49N3O5/c1-6-9-13-20-35(18-7-2)33(41)30-34-17-16-27(42-34)28(29(34)32(40)37(30)26(23-38)21-24(4)5)31(39)36(19-8-3)22-25-14-11-10-12-15-25/h7-8,10-12,14-15,24,26-30,38H,2-3,6,9,13,16-23H2,1,4-5H3/t26-,27+,28-,29+,30?,34?/m1/s1. The van der Waals surface area contributed by atoms with Gasteiger partial charge in [0.1, 0.15) is 11.6 Å². The van der Waals surface area contributed by atoms with Gasteiger partial charge in [-0.3, -0.25) is 14.4 Å². The van der Waals surface area contributed by atoms with Gasteiger partial charge in [-0.25, -0.2) is 0 Å². The number of carbonyl (C=O) groups excluding carboxylic acids is 3. The molecule has 2 bridgehead atoms. The van der Waals surface area contributed by atoms with Crippen LogP contribution in [0.15, 0.2) is 55.6 Å². The summed E-state index contributed by atoms with van der Waals surface area (Å²) in [6.45, 7) is 15.4. The summed E-state index contributed by atoms with van der Waals surface area (Å²) in [6.07, 6.45) is 7.53. The Morgan fingerprint density at radius 3 is 2.43 bits per heavy atom. The number of likely N-dealkylation sites (tertiary alicyclic amines) is 1. The third kappa shape index (κ3) is 6.06. The van der Waals surface area contributed by atoms with Gasteiger partial charge in [-0.05, 0) is 37.2 Å². The first-order chi connectivity index (χ1) is 20.2. The number of nitrogens with zero attached hydrogens (tertiary/aromatic N) is 3. The predicted molar refractivity (Wildman–Crippen MR) is 163 cm³/mol. The Balaban J connectivity index is 1.73. The van der Waals surface area contributed by atoms with Crippen LogP contribution in [0.4, 0.5) is 0 Å². The highest BCUT2D eigenvalue weighted by Gasteiger charge is 2.75. The first kappa shape index (κ1) is 32.0. The fourth-order valence-electron chi connectivity index (χ4n) is 7.44. The molecular weight excluding hydrogens is 530 g/mol. The van der Waals surface area contributed by atoms with Gasteiger partial charge in [0, 0.05) is 26.2 Å². The highest BCUT2D eigenvalue weighted by Crippen LogP contribution is 2.59. The quantitative estimate of drug-likeness (QED) is 0.234. The van der Waals surface area contributed by atoms with Crippen molar-refractivity contribution in [3.05, 3.63) is 61.2 Å². The number of fused-ring (bicyclic) bond motifs is 1. The molecule has 230 valence electrons. The number of amides is 3. The molecule has 1 aromatic carbocycles. The molecule has 3 fully saturated rings. The number of rotatable bonds is 16. The zero-order valence-corrected chi connectivity index (χ0v) is 25.6. The van der Waals surface area contributed by atoms with Crippen molar-refractivity contribution < 1.29 is 24.2 Å². The largest absolute Gasteiger partial charge is 0.394 e. The van der Waals surface area contributed by atoms with Gasteiger partial charge in [-0.1, -0.05) is 76.1 Å². The van der Waals surface area contributed by atoms with E-state index in [9.17, 15) is 19.5 Å². The van der Waals surface area contributed by atoms with Crippen LogP contribution in [0.25, 0.3) is 0 Å². The predicted octanol–water partition coefficient (Wildman–Crippen LogP) is 4.19. The minimum atomic E-state index is -1.10. The lowest BCUT2D eigenvalue weighted by atomic mass is 9.70.